The molecule has 2 aromatic heterocycles. The van der Waals surface area contributed by atoms with Crippen molar-refractivity contribution in [3.63, 3.8) is 0 Å². The lowest BCUT2D eigenvalue weighted by Crippen LogP contribution is -2.29. The van der Waals surface area contributed by atoms with Crippen molar-refractivity contribution in [1.29, 1.82) is 0 Å². The largest absolute Gasteiger partial charge is 0.443 e. The maximum Gasteiger partial charge on any atom is 0.261 e. The minimum absolute atomic E-state index is 0.0718. The minimum atomic E-state index is -0.124. The van der Waals surface area contributed by atoms with Gasteiger partial charge in [0.2, 0.25) is 11.8 Å². The predicted molar refractivity (Wildman–Crippen MR) is 100 cm³/mol. The number of rotatable bonds is 6. The van der Waals surface area contributed by atoms with Gasteiger partial charge in [-0.2, -0.15) is 0 Å². The van der Waals surface area contributed by atoms with Crippen LogP contribution >= 0.6 is 0 Å². The van der Waals surface area contributed by atoms with Gasteiger partial charge >= 0.3 is 0 Å². The number of carbonyl (C=O) groups is 1. The summed E-state index contributed by atoms with van der Waals surface area (Å²) >= 11 is 0. The average molecular weight is 366 g/mol. The van der Waals surface area contributed by atoms with Crippen LogP contribution in [0.15, 0.2) is 39.9 Å². The van der Waals surface area contributed by atoms with Crippen LogP contribution in [-0.2, 0) is 17.9 Å². The summed E-state index contributed by atoms with van der Waals surface area (Å²) in [4.78, 5) is 35.2. The highest BCUT2D eigenvalue weighted by atomic mass is 16.4. The second-order valence-electron chi connectivity index (χ2n) is 7.14. The molecule has 1 aliphatic rings. The quantitative estimate of drug-likeness (QED) is 0.670. The number of nitrogens with zero attached hydrogens (tertiary/aromatic N) is 4. The molecule has 1 aliphatic carbocycles. The van der Waals surface area contributed by atoms with Crippen molar-refractivity contribution < 1.29 is 9.21 Å². The van der Waals surface area contributed by atoms with E-state index in [1.165, 1.54) is 10.9 Å². The van der Waals surface area contributed by atoms with Crippen molar-refractivity contribution in [2.45, 2.75) is 45.2 Å². The third-order valence-electron chi connectivity index (χ3n) is 4.97. The van der Waals surface area contributed by atoms with E-state index in [9.17, 15) is 9.59 Å². The van der Waals surface area contributed by atoms with Crippen LogP contribution in [0.1, 0.15) is 42.4 Å². The minimum Gasteiger partial charge on any atom is -0.443 e. The number of amides is 1. The van der Waals surface area contributed by atoms with E-state index in [0.717, 1.165) is 24.2 Å². The van der Waals surface area contributed by atoms with Crippen LogP contribution in [0.25, 0.3) is 10.9 Å². The third kappa shape index (κ3) is 3.63. The first-order valence-electron chi connectivity index (χ1n) is 9.16. The predicted octanol–water partition coefficient (Wildman–Crippen LogP) is 2.62. The summed E-state index contributed by atoms with van der Waals surface area (Å²) in [5.41, 5.74) is 1.54. The van der Waals surface area contributed by atoms with Gasteiger partial charge in [0.1, 0.15) is 5.76 Å². The lowest BCUT2D eigenvalue weighted by Gasteiger charge is -2.15. The van der Waals surface area contributed by atoms with Crippen LogP contribution in [0.4, 0.5) is 0 Å². The topological polar surface area (TPSA) is 81.2 Å². The van der Waals surface area contributed by atoms with Gasteiger partial charge in [-0.1, -0.05) is 12.1 Å². The number of carbonyl (C=O) groups excluding carboxylic acids is 1. The molecule has 1 amide bonds. The van der Waals surface area contributed by atoms with Crippen molar-refractivity contribution in [2.75, 3.05) is 7.05 Å². The number of benzene rings is 1. The zero-order valence-corrected chi connectivity index (χ0v) is 15.5. The molecule has 0 bridgehead atoms. The van der Waals surface area contributed by atoms with E-state index in [4.69, 9.17) is 4.42 Å². The molecular formula is C20H22N4O3. The molecule has 1 aromatic carbocycles. The zero-order valence-electron chi connectivity index (χ0n) is 15.5. The normalized spacial score (nSPS) is 13.9. The Bertz CT molecular complexity index is 1050. The van der Waals surface area contributed by atoms with Gasteiger partial charge in [0.05, 0.1) is 30.0 Å². The van der Waals surface area contributed by atoms with E-state index in [1.807, 2.05) is 19.1 Å². The molecule has 4 rings (SSSR count). The van der Waals surface area contributed by atoms with Crippen LogP contribution in [0, 0.1) is 6.92 Å². The van der Waals surface area contributed by atoms with E-state index < -0.39 is 0 Å². The van der Waals surface area contributed by atoms with Crippen LogP contribution < -0.4 is 5.56 Å². The first kappa shape index (κ1) is 17.5. The summed E-state index contributed by atoms with van der Waals surface area (Å²) in [5, 5.41) is 0.575. The fourth-order valence-corrected chi connectivity index (χ4v) is 3.15. The maximum atomic E-state index is 12.6. The van der Waals surface area contributed by atoms with E-state index in [1.54, 1.807) is 24.2 Å². The Morgan fingerprint density at radius 3 is 2.93 bits per heavy atom. The third-order valence-corrected chi connectivity index (χ3v) is 4.97. The number of aryl methyl sites for hydroxylation is 2. The molecule has 7 heteroatoms. The summed E-state index contributed by atoms with van der Waals surface area (Å²) in [6, 6.07) is 5.54. The zero-order chi connectivity index (χ0) is 19.0. The van der Waals surface area contributed by atoms with Gasteiger partial charge in [0, 0.05) is 25.9 Å². The molecule has 2 heterocycles. The van der Waals surface area contributed by atoms with E-state index in [-0.39, 0.29) is 24.4 Å². The van der Waals surface area contributed by atoms with Gasteiger partial charge in [-0.05, 0) is 31.4 Å². The molecule has 0 radical (unpaired) electrons. The van der Waals surface area contributed by atoms with Crippen molar-refractivity contribution in [1.82, 2.24) is 19.4 Å². The van der Waals surface area contributed by atoms with Crippen molar-refractivity contribution in [2.24, 2.45) is 0 Å². The maximum absolute atomic E-state index is 12.6. The lowest BCUT2D eigenvalue weighted by molar-refractivity contribution is -0.130. The van der Waals surface area contributed by atoms with Crippen LogP contribution in [0.3, 0.4) is 0 Å². The Morgan fingerprint density at radius 1 is 1.33 bits per heavy atom. The molecule has 0 saturated heterocycles. The number of para-hydroxylation sites is 1. The van der Waals surface area contributed by atoms with Gasteiger partial charge in [0.25, 0.3) is 5.56 Å². The SMILES string of the molecule is Cc1cccc2c(=O)n(CCC(=O)N(C)Cc3ncc(C4CC4)o3)cnc12. The second kappa shape index (κ2) is 6.98. The monoisotopic (exact) mass is 366 g/mol. The molecular weight excluding hydrogens is 344 g/mol. The Morgan fingerprint density at radius 2 is 2.15 bits per heavy atom. The van der Waals surface area contributed by atoms with Gasteiger partial charge in [-0.3, -0.25) is 14.2 Å². The van der Waals surface area contributed by atoms with E-state index in [2.05, 4.69) is 9.97 Å². The van der Waals surface area contributed by atoms with Gasteiger partial charge in [-0.15, -0.1) is 0 Å². The Balaban J connectivity index is 1.40. The molecule has 0 N–H and O–H groups in total. The molecule has 1 saturated carbocycles. The molecule has 0 spiro atoms. The lowest BCUT2D eigenvalue weighted by atomic mass is 10.1. The second-order valence-corrected chi connectivity index (χ2v) is 7.14. The Kier molecular flexibility index (Phi) is 4.51. The molecule has 1 fully saturated rings. The van der Waals surface area contributed by atoms with Crippen LogP contribution in [0.2, 0.25) is 0 Å². The average Bonchev–Trinajstić information content (AvgIpc) is 3.41. The summed E-state index contributed by atoms with van der Waals surface area (Å²) in [6.45, 7) is 2.54. The number of aromatic nitrogens is 3. The molecule has 0 aliphatic heterocycles. The van der Waals surface area contributed by atoms with Crippen molar-refractivity contribution in [3.05, 3.63) is 58.3 Å². The molecule has 3 aromatic rings. The molecule has 0 unspecified atom stereocenters. The highest BCUT2D eigenvalue weighted by molar-refractivity contribution is 5.80. The van der Waals surface area contributed by atoms with E-state index >= 15 is 0 Å². The summed E-state index contributed by atoms with van der Waals surface area (Å²) < 4.78 is 7.19. The fraction of sp³-hybridized carbons (Fsp3) is 0.400. The van der Waals surface area contributed by atoms with Crippen molar-refractivity contribution >= 4 is 16.8 Å². The first-order chi connectivity index (χ1) is 13.0. The number of fused-ring (bicyclic) bond motifs is 1. The highest BCUT2D eigenvalue weighted by Gasteiger charge is 2.27. The first-order valence-corrected chi connectivity index (χ1v) is 9.16. The molecule has 27 heavy (non-hydrogen) atoms. The molecule has 7 nitrogen and oxygen atoms in total. The molecule has 140 valence electrons. The van der Waals surface area contributed by atoms with Gasteiger partial charge in [0.15, 0.2) is 0 Å². The Labute approximate surface area is 156 Å². The number of oxazole rings is 1. The summed E-state index contributed by atoms with van der Waals surface area (Å²) in [5.74, 6) is 1.89. The smallest absolute Gasteiger partial charge is 0.261 e. The molecule has 0 atom stereocenters. The standard InChI is InChI=1S/C20H22N4O3/c1-13-4-3-5-15-19(13)22-12-24(20(15)26)9-8-18(25)23(2)11-17-21-10-16(27-17)14-6-7-14/h3-5,10,12,14H,6-9,11H2,1-2H3. The van der Waals surface area contributed by atoms with Crippen molar-refractivity contribution in [3.8, 4) is 0 Å². The summed E-state index contributed by atoms with van der Waals surface area (Å²) in [7, 11) is 1.72. The highest BCUT2D eigenvalue weighted by Crippen LogP contribution is 2.40. The number of hydrogen-bond acceptors (Lipinski definition) is 5. The van der Waals surface area contributed by atoms with Crippen LogP contribution in [0.5, 0.6) is 0 Å². The van der Waals surface area contributed by atoms with Crippen LogP contribution in [-0.4, -0.2) is 32.4 Å². The van der Waals surface area contributed by atoms with Gasteiger partial charge < -0.3 is 9.32 Å². The van der Waals surface area contributed by atoms with E-state index in [0.29, 0.717) is 29.3 Å². The Hall–Kier alpha value is -2.96. The summed E-state index contributed by atoms with van der Waals surface area (Å²) in [6.07, 6.45) is 5.79. The number of hydrogen-bond donors (Lipinski definition) is 0. The van der Waals surface area contributed by atoms with Gasteiger partial charge in [-0.25, -0.2) is 9.97 Å². The fourth-order valence-electron chi connectivity index (χ4n) is 3.15.